The van der Waals surface area contributed by atoms with Gasteiger partial charge in [0.2, 0.25) is 11.8 Å². The van der Waals surface area contributed by atoms with E-state index in [4.69, 9.17) is 0 Å². The lowest BCUT2D eigenvalue weighted by molar-refractivity contribution is -0.148. The molecule has 2 atom stereocenters. The van der Waals surface area contributed by atoms with E-state index in [0.717, 1.165) is 44.9 Å². The maximum Gasteiger partial charge on any atom is 0.236 e. The van der Waals surface area contributed by atoms with Gasteiger partial charge in [-0.05, 0) is 25.7 Å². The van der Waals surface area contributed by atoms with E-state index in [0.29, 0.717) is 12.8 Å². The lowest BCUT2D eigenvalue weighted by Crippen LogP contribution is -2.49. The molecular formula is C16H25NO3. The zero-order valence-electron chi connectivity index (χ0n) is 12.1. The number of carbonyl (C=O) groups excluding carboxylic acids is 2. The summed E-state index contributed by atoms with van der Waals surface area (Å²) in [7, 11) is 0. The molecule has 2 amide bonds. The van der Waals surface area contributed by atoms with Crippen molar-refractivity contribution < 1.29 is 14.7 Å². The van der Waals surface area contributed by atoms with Crippen LogP contribution in [0.4, 0.5) is 0 Å². The summed E-state index contributed by atoms with van der Waals surface area (Å²) in [5.74, 6) is -0.0156. The molecular weight excluding hydrogens is 254 g/mol. The molecule has 0 aromatic rings. The second kappa shape index (κ2) is 5.47. The zero-order chi connectivity index (χ0) is 14.2. The SMILES string of the molecule is O=C1CC2(CCCCCC2)C(=O)N1C1CCCCC1O. The molecule has 0 bridgehead atoms. The standard InChI is InChI=1S/C16H25NO3/c18-13-8-4-3-7-12(13)17-14(19)11-16(15(17)20)9-5-1-2-6-10-16/h12-13,18H,1-11H2. The number of nitrogens with zero attached hydrogens (tertiary/aromatic N) is 1. The molecule has 1 spiro atoms. The van der Waals surface area contributed by atoms with Gasteiger partial charge in [-0.1, -0.05) is 38.5 Å². The van der Waals surface area contributed by atoms with Crippen LogP contribution in [0.5, 0.6) is 0 Å². The summed E-state index contributed by atoms with van der Waals surface area (Å²) in [6.45, 7) is 0. The average Bonchev–Trinajstić information content (AvgIpc) is 2.60. The predicted molar refractivity (Wildman–Crippen MR) is 74.9 cm³/mol. The van der Waals surface area contributed by atoms with Crippen molar-refractivity contribution in [1.29, 1.82) is 0 Å². The van der Waals surface area contributed by atoms with Crippen molar-refractivity contribution in [3.05, 3.63) is 0 Å². The molecule has 20 heavy (non-hydrogen) atoms. The second-order valence-corrected chi connectivity index (χ2v) is 6.86. The topological polar surface area (TPSA) is 57.6 Å². The van der Waals surface area contributed by atoms with Crippen molar-refractivity contribution in [1.82, 2.24) is 4.90 Å². The highest BCUT2D eigenvalue weighted by Crippen LogP contribution is 2.46. The minimum Gasteiger partial charge on any atom is -0.391 e. The molecule has 4 heteroatoms. The highest BCUT2D eigenvalue weighted by molar-refractivity contribution is 6.06. The van der Waals surface area contributed by atoms with E-state index < -0.39 is 11.5 Å². The third-order valence-electron chi connectivity index (χ3n) is 5.52. The van der Waals surface area contributed by atoms with Gasteiger partial charge in [0.25, 0.3) is 0 Å². The Morgan fingerprint density at radius 3 is 2.25 bits per heavy atom. The molecule has 1 aliphatic heterocycles. The molecule has 1 heterocycles. The Kier molecular flexibility index (Phi) is 3.85. The number of likely N-dealkylation sites (tertiary alicyclic amines) is 1. The molecule has 3 rings (SSSR count). The minimum absolute atomic E-state index is 0.0235. The maximum absolute atomic E-state index is 12.9. The molecule has 1 saturated heterocycles. The normalized spacial score (nSPS) is 34.5. The third-order valence-corrected chi connectivity index (χ3v) is 5.52. The van der Waals surface area contributed by atoms with E-state index in [2.05, 4.69) is 0 Å². The van der Waals surface area contributed by atoms with Crippen LogP contribution in [0.1, 0.15) is 70.6 Å². The molecule has 2 aliphatic carbocycles. The monoisotopic (exact) mass is 279 g/mol. The maximum atomic E-state index is 12.9. The van der Waals surface area contributed by atoms with Crippen molar-refractivity contribution in [2.75, 3.05) is 0 Å². The van der Waals surface area contributed by atoms with Gasteiger partial charge in [0.15, 0.2) is 0 Å². The van der Waals surface area contributed by atoms with Crippen LogP contribution < -0.4 is 0 Å². The van der Waals surface area contributed by atoms with E-state index >= 15 is 0 Å². The summed E-state index contributed by atoms with van der Waals surface area (Å²) in [5, 5.41) is 10.2. The number of imide groups is 1. The highest BCUT2D eigenvalue weighted by atomic mass is 16.3. The van der Waals surface area contributed by atoms with Gasteiger partial charge in [-0.2, -0.15) is 0 Å². The van der Waals surface area contributed by atoms with Crippen molar-refractivity contribution in [3.63, 3.8) is 0 Å². The third kappa shape index (κ3) is 2.28. The molecule has 4 nitrogen and oxygen atoms in total. The zero-order valence-corrected chi connectivity index (χ0v) is 12.1. The van der Waals surface area contributed by atoms with Crippen LogP contribution in [0.3, 0.4) is 0 Å². The number of amides is 2. The van der Waals surface area contributed by atoms with Gasteiger partial charge in [0.05, 0.1) is 17.6 Å². The minimum atomic E-state index is -0.516. The average molecular weight is 279 g/mol. The summed E-state index contributed by atoms with van der Waals surface area (Å²) in [4.78, 5) is 26.7. The van der Waals surface area contributed by atoms with Crippen molar-refractivity contribution in [2.24, 2.45) is 5.41 Å². The van der Waals surface area contributed by atoms with Gasteiger partial charge >= 0.3 is 0 Å². The number of aliphatic hydroxyl groups is 1. The molecule has 0 radical (unpaired) electrons. The molecule has 3 aliphatic rings. The fourth-order valence-corrected chi connectivity index (χ4v) is 4.34. The summed E-state index contributed by atoms with van der Waals surface area (Å²) in [6, 6.07) is -0.258. The Hall–Kier alpha value is -0.900. The Morgan fingerprint density at radius 1 is 0.950 bits per heavy atom. The Labute approximate surface area is 120 Å². The van der Waals surface area contributed by atoms with Crippen LogP contribution >= 0.6 is 0 Å². The first-order valence-corrected chi connectivity index (χ1v) is 8.19. The quantitative estimate of drug-likeness (QED) is 0.750. The van der Waals surface area contributed by atoms with Gasteiger partial charge in [-0.25, -0.2) is 0 Å². The molecule has 2 saturated carbocycles. The van der Waals surface area contributed by atoms with Crippen LogP contribution in [0, 0.1) is 5.41 Å². The fraction of sp³-hybridized carbons (Fsp3) is 0.875. The van der Waals surface area contributed by atoms with E-state index in [1.54, 1.807) is 0 Å². The molecule has 1 N–H and O–H groups in total. The predicted octanol–water partition coefficient (Wildman–Crippen LogP) is 2.39. The van der Waals surface area contributed by atoms with Gasteiger partial charge in [0.1, 0.15) is 0 Å². The van der Waals surface area contributed by atoms with E-state index in [1.165, 1.54) is 17.7 Å². The summed E-state index contributed by atoms with van der Waals surface area (Å²) in [5.41, 5.74) is -0.426. The number of carbonyl (C=O) groups is 2. The van der Waals surface area contributed by atoms with Crippen molar-refractivity contribution >= 4 is 11.8 Å². The second-order valence-electron chi connectivity index (χ2n) is 6.86. The van der Waals surface area contributed by atoms with Gasteiger partial charge in [-0.3, -0.25) is 14.5 Å². The summed E-state index contributed by atoms with van der Waals surface area (Å²) in [6.07, 6.45) is 9.54. The Bertz CT molecular complexity index is 399. The summed E-state index contributed by atoms with van der Waals surface area (Å²) >= 11 is 0. The van der Waals surface area contributed by atoms with Crippen LogP contribution in [0.15, 0.2) is 0 Å². The first kappa shape index (κ1) is 14.1. The molecule has 3 fully saturated rings. The van der Waals surface area contributed by atoms with Crippen molar-refractivity contribution in [3.8, 4) is 0 Å². The number of rotatable bonds is 1. The first-order valence-electron chi connectivity index (χ1n) is 8.19. The first-order chi connectivity index (χ1) is 9.64. The van der Waals surface area contributed by atoms with E-state index in [-0.39, 0.29) is 17.9 Å². The Morgan fingerprint density at radius 2 is 1.60 bits per heavy atom. The molecule has 2 unspecified atom stereocenters. The lowest BCUT2D eigenvalue weighted by atomic mass is 9.79. The number of hydrogen-bond acceptors (Lipinski definition) is 3. The van der Waals surface area contributed by atoms with E-state index in [9.17, 15) is 14.7 Å². The van der Waals surface area contributed by atoms with E-state index in [1.807, 2.05) is 0 Å². The highest BCUT2D eigenvalue weighted by Gasteiger charge is 2.53. The van der Waals surface area contributed by atoms with Crippen LogP contribution in [-0.4, -0.2) is 34.0 Å². The smallest absolute Gasteiger partial charge is 0.236 e. The van der Waals surface area contributed by atoms with Crippen LogP contribution in [0.2, 0.25) is 0 Å². The largest absolute Gasteiger partial charge is 0.391 e. The molecule has 0 aromatic carbocycles. The molecule has 0 aromatic heterocycles. The van der Waals surface area contributed by atoms with Crippen LogP contribution in [-0.2, 0) is 9.59 Å². The number of hydrogen-bond donors (Lipinski definition) is 1. The Balaban J connectivity index is 1.82. The lowest BCUT2D eigenvalue weighted by Gasteiger charge is -2.35. The van der Waals surface area contributed by atoms with Crippen molar-refractivity contribution in [2.45, 2.75) is 82.8 Å². The van der Waals surface area contributed by atoms with Gasteiger partial charge < -0.3 is 5.11 Å². The van der Waals surface area contributed by atoms with Gasteiger partial charge in [0, 0.05) is 6.42 Å². The summed E-state index contributed by atoms with van der Waals surface area (Å²) < 4.78 is 0. The number of aliphatic hydroxyl groups excluding tert-OH is 1. The van der Waals surface area contributed by atoms with Crippen LogP contribution in [0.25, 0.3) is 0 Å². The fourth-order valence-electron chi connectivity index (χ4n) is 4.34. The van der Waals surface area contributed by atoms with Gasteiger partial charge in [-0.15, -0.1) is 0 Å². The molecule has 112 valence electrons.